The maximum absolute atomic E-state index is 13.1. The zero-order valence-corrected chi connectivity index (χ0v) is 17.1. The fourth-order valence-corrected chi connectivity index (χ4v) is 3.79. The van der Waals surface area contributed by atoms with Gasteiger partial charge >= 0.3 is 6.61 Å². The van der Waals surface area contributed by atoms with Crippen molar-refractivity contribution in [2.24, 2.45) is 16.8 Å². The normalized spacial score (nSPS) is 20.3. The summed E-state index contributed by atoms with van der Waals surface area (Å²) >= 11 is 0. The van der Waals surface area contributed by atoms with Crippen molar-refractivity contribution in [2.75, 3.05) is 25.7 Å². The van der Waals surface area contributed by atoms with E-state index in [0.717, 1.165) is 5.56 Å². The molecule has 0 radical (unpaired) electrons. The number of fused-ring (bicyclic) bond motifs is 1. The van der Waals surface area contributed by atoms with Crippen LogP contribution in [0.4, 0.5) is 14.5 Å². The number of ether oxygens (including phenoxy) is 3. The Balaban J connectivity index is 1.63. The third-order valence-electron chi connectivity index (χ3n) is 5.18. The SMILES string of the molecule is COc1cc(C2=CC(C)[C@H]3C(=O)N(c4cncc(OC(F)F)c4)CC3=N2)cnc1OC. The van der Waals surface area contributed by atoms with Gasteiger partial charge in [0.05, 0.1) is 56.2 Å². The van der Waals surface area contributed by atoms with E-state index in [1.807, 2.05) is 13.0 Å². The highest BCUT2D eigenvalue weighted by molar-refractivity contribution is 6.21. The first-order valence-corrected chi connectivity index (χ1v) is 9.50. The molecular weight excluding hydrogens is 410 g/mol. The Hall–Kier alpha value is -3.56. The van der Waals surface area contributed by atoms with Gasteiger partial charge in [-0.25, -0.2) is 4.98 Å². The predicted molar refractivity (Wildman–Crippen MR) is 109 cm³/mol. The maximum atomic E-state index is 13.1. The molecule has 0 N–H and O–H groups in total. The number of halogens is 2. The van der Waals surface area contributed by atoms with Crippen LogP contribution in [0.2, 0.25) is 0 Å². The number of amides is 1. The molecule has 1 amide bonds. The second-order valence-corrected chi connectivity index (χ2v) is 7.11. The molecule has 4 heterocycles. The van der Waals surface area contributed by atoms with Crippen LogP contribution in [0.25, 0.3) is 5.70 Å². The first-order chi connectivity index (χ1) is 14.9. The molecule has 0 saturated carbocycles. The lowest BCUT2D eigenvalue weighted by atomic mass is 9.87. The number of anilines is 1. The van der Waals surface area contributed by atoms with Crippen molar-refractivity contribution in [3.8, 4) is 17.4 Å². The second-order valence-electron chi connectivity index (χ2n) is 7.11. The Bertz CT molecular complexity index is 1070. The number of nitrogens with zero attached hydrogens (tertiary/aromatic N) is 4. The Morgan fingerprint density at radius 2 is 1.97 bits per heavy atom. The Kier molecular flexibility index (Phi) is 5.53. The number of hydrogen-bond acceptors (Lipinski definition) is 7. The topological polar surface area (TPSA) is 86.1 Å². The van der Waals surface area contributed by atoms with E-state index in [1.165, 1.54) is 37.6 Å². The summed E-state index contributed by atoms with van der Waals surface area (Å²) in [6.45, 7) is -0.810. The van der Waals surface area contributed by atoms with E-state index >= 15 is 0 Å². The first kappa shape index (κ1) is 20.7. The van der Waals surface area contributed by atoms with Gasteiger partial charge in [0, 0.05) is 17.8 Å². The van der Waals surface area contributed by atoms with Gasteiger partial charge in [0.1, 0.15) is 5.75 Å². The van der Waals surface area contributed by atoms with Crippen LogP contribution < -0.4 is 19.1 Å². The summed E-state index contributed by atoms with van der Waals surface area (Å²) in [6.07, 6.45) is 6.15. The molecule has 0 spiro atoms. The average Bonchev–Trinajstić information content (AvgIpc) is 3.09. The van der Waals surface area contributed by atoms with E-state index in [4.69, 9.17) is 14.5 Å². The number of methoxy groups -OCH3 is 2. The van der Waals surface area contributed by atoms with Gasteiger partial charge in [0.2, 0.25) is 5.91 Å². The molecule has 162 valence electrons. The minimum absolute atomic E-state index is 0.111. The average molecular weight is 430 g/mol. The monoisotopic (exact) mass is 430 g/mol. The Labute approximate surface area is 177 Å². The number of hydrogen-bond donors (Lipinski definition) is 0. The number of pyridine rings is 2. The van der Waals surface area contributed by atoms with Gasteiger partial charge in [-0.05, 0) is 12.0 Å². The Morgan fingerprint density at radius 3 is 2.68 bits per heavy atom. The molecule has 31 heavy (non-hydrogen) atoms. The molecule has 10 heteroatoms. The van der Waals surface area contributed by atoms with Crippen LogP contribution in [0.1, 0.15) is 12.5 Å². The van der Waals surface area contributed by atoms with E-state index in [2.05, 4.69) is 14.7 Å². The molecule has 0 bridgehead atoms. The largest absolute Gasteiger partial charge is 0.491 e. The van der Waals surface area contributed by atoms with Crippen molar-refractivity contribution >= 4 is 23.0 Å². The number of aliphatic imine (C=N–C) groups is 1. The van der Waals surface area contributed by atoms with Gasteiger partial charge in [0.15, 0.2) is 5.75 Å². The van der Waals surface area contributed by atoms with Crippen molar-refractivity contribution in [3.63, 3.8) is 0 Å². The summed E-state index contributed by atoms with van der Waals surface area (Å²) in [4.78, 5) is 27.4. The predicted octanol–water partition coefficient (Wildman–Crippen LogP) is 3.19. The smallest absolute Gasteiger partial charge is 0.387 e. The number of alkyl halides is 2. The molecular formula is C21H20F2N4O4. The molecule has 1 fully saturated rings. The van der Waals surface area contributed by atoms with Gasteiger partial charge in [-0.1, -0.05) is 13.0 Å². The molecule has 0 aliphatic carbocycles. The number of aromatic nitrogens is 2. The minimum Gasteiger partial charge on any atom is -0.491 e. The van der Waals surface area contributed by atoms with Crippen LogP contribution in [0.5, 0.6) is 17.4 Å². The van der Waals surface area contributed by atoms with Gasteiger partial charge in [-0.3, -0.25) is 14.8 Å². The van der Waals surface area contributed by atoms with Crippen LogP contribution in [0.15, 0.2) is 41.8 Å². The molecule has 1 unspecified atom stereocenters. The highest BCUT2D eigenvalue weighted by Gasteiger charge is 2.43. The quantitative estimate of drug-likeness (QED) is 0.700. The van der Waals surface area contributed by atoms with Crippen LogP contribution in [0.3, 0.4) is 0 Å². The van der Waals surface area contributed by atoms with Crippen molar-refractivity contribution in [1.29, 1.82) is 0 Å². The standard InChI is InChI=1S/C21H20F2N4O4/c1-11-4-15(12-5-17(29-2)19(30-3)25-7-12)26-16-10-27(20(28)18(11)16)13-6-14(9-24-8-13)31-21(22)23/h4-9,11,18,21H,10H2,1-3H3/t11?,18-/m1/s1. The van der Waals surface area contributed by atoms with Gasteiger partial charge in [-0.2, -0.15) is 8.78 Å². The van der Waals surface area contributed by atoms with Crippen molar-refractivity contribution in [2.45, 2.75) is 13.5 Å². The molecule has 2 aliphatic heterocycles. The first-order valence-electron chi connectivity index (χ1n) is 9.50. The number of allylic oxidation sites excluding steroid dienone is 1. The lowest BCUT2D eigenvalue weighted by Crippen LogP contribution is -2.30. The van der Waals surface area contributed by atoms with E-state index in [1.54, 1.807) is 12.3 Å². The molecule has 2 atom stereocenters. The minimum atomic E-state index is -2.97. The molecule has 8 nitrogen and oxygen atoms in total. The summed E-state index contributed by atoms with van der Waals surface area (Å²) in [6, 6.07) is 3.14. The summed E-state index contributed by atoms with van der Waals surface area (Å²) in [7, 11) is 3.03. The maximum Gasteiger partial charge on any atom is 0.387 e. The van der Waals surface area contributed by atoms with Gasteiger partial charge < -0.3 is 19.1 Å². The van der Waals surface area contributed by atoms with Crippen LogP contribution in [0, 0.1) is 11.8 Å². The number of carbonyl (C=O) groups excluding carboxylic acids is 1. The highest BCUT2D eigenvalue weighted by Crippen LogP contribution is 2.37. The van der Waals surface area contributed by atoms with E-state index in [-0.39, 0.29) is 24.1 Å². The third kappa shape index (κ3) is 3.92. The lowest BCUT2D eigenvalue weighted by Gasteiger charge is -2.21. The fraction of sp³-hybridized carbons (Fsp3) is 0.333. The van der Waals surface area contributed by atoms with Gasteiger partial charge in [-0.15, -0.1) is 0 Å². The van der Waals surface area contributed by atoms with Crippen molar-refractivity contribution in [1.82, 2.24) is 9.97 Å². The zero-order valence-electron chi connectivity index (χ0n) is 17.1. The molecule has 2 aliphatic rings. The van der Waals surface area contributed by atoms with Crippen LogP contribution in [-0.2, 0) is 4.79 Å². The van der Waals surface area contributed by atoms with Crippen LogP contribution >= 0.6 is 0 Å². The van der Waals surface area contributed by atoms with Crippen molar-refractivity contribution in [3.05, 3.63) is 42.4 Å². The fourth-order valence-electron chi connectivity index (χ4n) is 3.79. The molecule has 0 aromatic carbocycles. The summed E-state index contributed by atoms with van der Waals surface area (Å²) in [5.41, 5.74) is 2.47. The van der Waals surface area contributed by atoms with E-state index < -0.39 is 12.5 Å². The summed E-state index contributed by atoms with van der Waals surface area (Å²) in [5.74, 6) is 0.00483. The molecule has 4 rings (SSSR count). The molecule has 1 saturated heterocycles. The summed E-state index contributed by atoms with van der Waals surface area (Å²) < 4.78 is 39.9. The Morgan fingerprint density at radius 1 is 1.16 bits per heavy atom. The molecule has 2 aromatic heterocycles. The van der Waals surface area contributed by atoms with Crippen LogP contribution in [-0.4, -0.2) is 49.0 Å². The third-order valence-corrected chi connectivity index (χ3v) is 5.18. The van der Waals surface area contributed by atoms with Gasteiger partial charge in [0.25, 0.3) is 5.88 Å². The zero-order chi connectivity index (χ0) is 22.1. The number of rotatable bonds is 6. The lowest BCUT2D eigenvalue weighted by molar-refractivity contribution is -0.120. The number of carbonyl (C=O) groups is 1. The second kappa shape index (κ2) is 8.29. The van der Waals surface area contributed by atoms with E-state index in [9.17, 15) is 13.6 Å². The van der Waals surface area contributed by atoms with E-state index in [0.29, 0.717) is 28.7 Å². The highest BCUT2D eigenvalue weighted by atomic mass is 19.3. The van der Waals surface area contributed by atoms with Crippen molar-refractivity contribution < 1.29 is 27.8 Å². The molecule has 2 aromatic rings. The summed E-state index contributed by atoms with van der Waals surface area (Å²) in [5, 5.41) is 0.